The lowest BCUT2D eigenvalue weighted by atomic mass is 10.2. The molecule has 5 N–H and O–H groups in total. The molecule has 0 aliphatic rings. The number of nitrogen functional groups attached to an aromatic ring is 2. The molecule has 156 valence electrons. The average molecular weight is 444 g/mol. The average Bonchev–Trinajstić information content (AvgIpc) is 2.78. The molecular weight excluding hydrogens is 430 g/mol. The molecule has 0 bridgehead atoms. The number of rotatable bonds is 4. The van der Waals surface area contributed by atoms with Gasteiger partial charge < -0.3 is 16.8 Å². The quantitative estimate of drug-likeness (QED) is 0.427. The number of nitriles is 2. The molecule has 0 spiro atoms. The molecule has 0 atom stereocenters. The van der Waals surface area contributed by atoms with Crippen LogP contribution >= 0.6 is 11.6 Å². The fourth-order valence-electron chi connectivity index (χ4n) is 3.21. The summed E-state index contributed by atoms with van der Waals surface area (Å²) in [6, 6.07) is 15.4. The van der Waals surface area contributed by atoms with E-state index in [0.717, 1.165) is 0 Å². The zero-order chi connectivity index (χ0) is 22.8. The highest BCUT2D eigenvalue weighted by molar-refractivity contribution is 6.35. The van der Waals surface area contributed by atoms with Crippen molar-refractivity contribution in [1.29, 1.82) is 10.5 Å². The molecule has 0 unspecified atom stereocenters. The van der Waals surface area contributed by atoms with E-state index in [1.165, 1.54) is 4.57 Å². The van der Waals surface area contributed by atoms with E-state index in [-0.39, 0.29) is 41.1 Å². The van der Waals surface area contributed by atoms with E-state index in [4.69, 9.17) is 23.1 Å². The SMILES string of the molecule is N#Cc1cccc(-n2c(CNc3nc(N)nc(N)c3C#N)nc3c(Cl)cccc3c2=O)c1. The summed E-state index contributed by atoms with van der Waals surface area (Å²) in [6.07, 6.45) is 0. The lowest BCUT2D eigenvalue weighted by Gasteiger charge is -2.16. The van der Waals surface area contributed by atoms with Crippen LogP contribution in [0, 0.1) is 22.7 Å². The van der Waals surface area contributed by atoms with Crippen LogP contribution in [0.25, 0.3) is 16.6 Å². The van der Waals surface area contributed by atoms with Gasteiger partial charge in [-0.05, 0) is 30.3 Å². The van der Waals surface area contributed by atoms with Crippen LogP contribution in [0.3, 0.4) is 0 Å². The standard InChI is InChI=1S/C21H14ClN9O/c22-15-6-2-5-13-17(15)28-16(10-27-19-14(9-24)18(25)29-21(26)30-19)31(20(13)32)12-4-1-3-11(7-12)8-23/h1-7H,10H2,(H5,25,26,27,29,30). The van der Waals surface area contributed by atoms with Gasteiger partial charge in [-0.1, -0.05) is 23.7 Å². The van der Waals surface area contributed by atoms with Gasteiger partial charge >= 0.3 is 0 Å². The molecule has 0 fully saturated rings. The monoisotopic (exact) mass is 443 g/mol. The largest absolute Gasteiger partial charge is 0.382 e. The van der Waals surface area contributed by atoms with Gasteiger partial charge in [-0.25, -0.2) is 4.98 Å². The van der Waals surface area contributed by atoms with E-state index in [1.807, 2.05) is 6.07 Å². The van der Waals surface area contributed by atoms with Crippen molar-refractivity contribution < 1.29 is 0 Å². The van der Waals surface area contributed by atoms with Crippen molar-refractivity contribution in [3.05, 3.63) is 74.8 Å². The molecule has 4 rings (SSSR count). The molecule has 0 aliphatic heterocycles. The van der Waals surface area contributed by atoms with Crippen molar-refractivity contribution in [2.45, 2.75) is 6.54 Å². The first kappa shape index (κ1) is 20.6. The van der Waals surface area contributed by atoms with Gasteiger partial charge in [0.25, 0.3) is 5.56 Å². The van der Waals surface area contributed by atoms with Gasteiger partial charge in [0.1, 0.15) is 23.3 Å². The number of aromatic nitrogens is 4. The topological polar surface area (TPSA) is 172 Å². The third-order valence-corrected chi connectivity index (χ3v) is 4.94. The van der Waals surface area contributed by atoms with Gasteiger partial charge in [-0.3, -0.25) is 9.36 Å². The maximum absolute atomic E-state index is 13.4. The minimum absolute atomic E-state index is 0.0124. The van der Waals surface area contributed by atoms with Crippen molar-refractivity contribution in [3.8, 4) is 17.8 Å². The second-order valence-corrected chi connectivity index (χ2v) is 7.03. The molecular formula is C21H14ClN9O. The number of nitrogens with zero attached hydrogens (tertiary/aromatic N) is 6. The van der Waals surface area contributed by atoms with Crippen LogP contribution < -0.4 is 22.3 Å². The van der Waals surface area contributed by atoms with Crippen LogP contribution in [-0.2, 0) is 6.54 Å². The lowest BCUT2D eigenvalue weighted by Crippen LogP contribution is -2.26. The van der Waals surface area contributed by atoms with Crippen molar-refractivity contribution in [1.82, 2.24) is 19.5 Å². The van der Waals surface area contributed by atoms with E-state index >= 15 is 0 Å². The van der Waals surface area contributed by atoms with Gasteiger partial charge in [0.15, 0.2) is 5.82 Å². The summed E-state index contributed by atoms with van der Waals surface area (Å²) < 4.78 is 1.37. The fraction of sp³-hybridized carbons (Fsp3) is 0.0476. The summed E-state index contributed by atoms with van der Waals surface area (Å²) >= 11 is 6.28. The van der Waals surface area contributed by atoms with Crippen molar-refractivity contribution in [2.24, 2.45) is 0 Å². The number of hydrogen-bond donors (Lipinski definition) is 3. The number of hydrogen-bond acceptors (Lipinski definition) is 9. The molecule has 0 aliphatic carbocycles. The number of anilines is 3. The van der Waals surface area contributed by atoms with Crippen LogP contribution in [0.2, 0.25) is 5.02 Å². The minimum atomic E-state index is -0.369. The maximum atomic E-state index is 13.4. The Kier molecular flexibility index (Phi) is 5.29. The Hall–Kier alpha value is -4.67. The van der Waals surface area contributed by atoms with Crippen LogP contribution in [0.1, 0.15) is 17.0 Å². The van der Waals surface area contributed by atoms with Gasteiger partial charge in [0, 0.05) is 0 Å². The molecule has 0 amide bonds. The Morgan fingerprint density at radius 3 is 2.59 bits per heavy atom. The minimum Gasteiger partial charge on any atom is -0.382 e. The summed E-state index contributed by atoms with van der Waals surface area (Å²) in [5.41, 5.74) is 12.2. The zero-order valence-corrected chi connectivity index (χ0v) is 17.1. The molecule has 2 aromatic carbocycles. The number of halogens is 1. The zero-order valence-electron chi connectivity index (χ0n) is 16.4. The predicted octanol–water partition coefficient (Wildman–Crippen LogP) is 2.35. The summed E-state index contributed by atoms with van der Waals surface area (Å²) in [7, 11) is 0. The Balaban J connectivity index is 1.91. The Morgan fingerprint density at radius 1 is 1.06 bits per heavy atom. The highest BCUT2D eigenvalue weighted by Crippen LogP contribution is 2.23. The van der Waals surface area contributed by atoms with E-state index in [9.17, 15) is 15.3 Å². The van der Waals surface area contributed by atoms with Gasteiger partial charge in [0.05, 0.1) is 39.8 Å². The first-order valence-corrected chi connectivity index (χ1v) is 9.58. The molecule has 2 aromatic heterocycles. The second kappa shape index (κ2) is 8.22. The van der Waals surface area contributed by atoms with Gasteiger partial charge in [0.2, 0.25) is 5.95 Å². The Labute approximate surface area is 186 Å². The number of benzene rings is 2. The van der Waals surface area contributed by atoms with Crippen LogP contribution in [-0.4, -0.2) is 19.5 Å². The lowest BCUT2D eigenvalue weighted by molar-refractivity contribution is 0.835. The third-order valence-electron chi connectivity index (χ3n) is 4.63. The number of fused-ring (bicyclic) bond motifs is 1. The molecule has 32 heavy (non-hydrogen) atoms. The molecule has 2 heterocycles. The van der Waals surface area contributed by atoms with E-state index in [1.54, 1.807) is 42.5 Å². The van der Waals surface area contributed by atoms with E-state index in [2.05, 4.69) is 26.3 Å². The predicted molar refractivity (Wildman–Crippen MR) is 120 cm³/mol. The highest BCUT2D eigenvalue weighted by atomic mass is 35.5. The number of nitrogens with one attached hydrogen (secondary N) is 1. The first-order valence-electron chi connectivity index (χ1n) is 9.20. The van der Waals surface area contributed by atoms with Crippen molar-refractivity contribution in [3.63, 3.8) is 0 Å². The van der Waals surface area contributed by atoms with E-state index in [0.29, 0.717) is 27.2 Å². The Bertz CT molecular complexity index is 1520. The van der Waals surface area contributed by atoms with Gasteiger partial charge in [-0.15, -0.1) is 0 Å². The molecule has 0 saturated carbocycles. The summed E-state index contributed by atoms with van der Waals surface area (Å²) in [5.74, 6) is 0.183. The Morgan fingerprint density at radius 2 is 1.84 bits per heavy atom. The second-order valence-electron chi connectivity index (χ2n) is 6.62. The molecule has 10 nitrogen and oxygen atoms in total. The van der Waals surface area contributed by atoms with Crippen LogP contribution in [0.15, 0.2) is 47.3 Å². The van der Waals surface area contributed by atoms with E-state index < -0.39 is 0 Å². The van der Waals surface area contributed by atoms with Crippen molar-refractivity contribution in [2.75, 3.05) is 16.8 Å². The normalized spacial score (nSPS) is 10.5. The molecule has 0 radical (unpaired) electrons. The highest BCUT2D eigenvalue weighted by Gasteiger charge is 2.17. The third kappa shape index (κ3) is 3.62. The number of nitrogens with two attached hydrogens (primary N) is 2. The number of para-hydroxylation sites is 1. The van der Waals surface area contributed by atoms with Crippen LogP contribution in [0.4, 0.5) is 17.6 Å². The van der Waals surface area contributed by atoms with Gasteiger partial charge in [-0.2, -0.15) is 20.5 Å². The maximum Gasteiger partial charge on any atom is 0.266 e. The molecule has 11 heteroatoms. The fourth-order valence-corrected chi connectivity index (χ4v) is 3.43. The first-order chi connectivity index (χ1) is 15.4. The smallest absolute Gasteiger partial charge is 0.266 e. The van der Waals surface area contributed by atoms with Crippen molar-refractivity contribution >= 4 is 40.1 Å². The molecule has 4 aromatic rings. The molecule has 0 saturated heterocycles. The van der Waals surface area contributed by atoms with Crippen LogP contribution in [0.5, 0.6) is 0 Å². The summed E-state index contributed by atoms with van der Waals surface area (Å²) in [4.78, 5) is 25.8. The summed E-state index contributed by atoms with van der Waals surface area (Å²) in [6.45, 7) is -0.0300. The summed E-state index contributed by atoms with van der Waals surface area (Å²) in [5, 5.41) is 22.2.